The van der Waals surface area contributed by atoms with Gasteiger partial charge in [0.25, 0.3) is 0 Å². The van der Waals surface area contributed by atoms with Crippen molar-refractivity contribution in [3.63, 3.8) is 0 Å². The second kappa shape index (κ2) is 7.73. The highest BCUT2D eigenvalue weighted by atomic mass is 79.9. The lowest BCUT2D eigenvalue weighted by Gasteiger charge is -2.34. The maximum absolute atomic E-state index is 6.28. The summed E-state index contributed by atoms with van der Waals surface area (Å²) in [6.45, 7) is 1.38. The average molecular weight is 449 g/mol. The summed E-state index contributed by atoms with van der Waals surface area (Å²) in [7, 11) is 0. The Morgan fingerprint density at radius 2 is 1.69 bits per heavy atom. The molecular weight excluding hydrogens is 428 g/mol. The van der Waals surface area contributed by atoms with Gasteiger partial charge < -0.3 is 9.15 Å². The van der Waals surface area contributed by atoms with Crippen LogP contribution in [0.25, 0.3) is 10.8 Å². The Labute approximate surface area is 178 Å². The maximum atomic E-state index is 6.28. The van der Waals surface area contributed by atoms with Crippen LogP contribution in [0, 0.1) is 0 Å². The minimum Gasteiger partial charge on any atom is -0.424 e. The molecule has 5 rings (SSSR count). The molecule has 1 aliphatic rings. The third-order valence-electron chi connectivity index (χ3n) is 5.82. The van der Waals surface area contributed by atoms with Gasteiger partial charge in [-0.1, -0.05) is 70.5 Å². The quantitative estimate of drug-likeness (QED) is 0.403. The Morgan fingerprint density at radius 1 is 0.897 bits per heavy atom. The van der Waals surface area contributed by atoms with Crippen LogP contribution < -0.4 is 0 Å². The summed E-state index contributed by atoms with van der Waals surface area (Å²) >= 11 is 3.60. The van der Waals surface area contributed by atoms with Gasteiger partial charge in [0, 0.05) is 17.7 Å². The molecule has 5 heteroatoms. The number of fused-ring (bicyclic) bond motifs is 1. The Hall–Kier alpha value is -2.50. The zero-order valence-corrected chi connectivity index (χ0v) is 17.6. The molecule has 4 aromatic rings. The van der Waals surface area contributed by atoms with Crippen molar-refractivity contribution in [2.45, 2.75) is 24.7 Å². The Kier molecular flexibility index (Phi) is 4.94. The maximum Gasteiger partial charge on any atom is 0.227 e. The predicted molar refractivity (Wildman–Crippen MR) is 116 cm³/mol. The van der Waals surface area contributed by atoms with Crippen molar-refractivity contribution in [3.05, 3.63) is 94.1 Å². The standard InChI is InChI=1S/C24H21BrN2O2/c25-20-9-4-8-19(16-20)24(11-13-28-14-12-24)23-27-26-22(29-23)15-18-7-3-6-17-5-1-2-10-21(17)18/h1-10,16H,11-15H2. The van der Waals surface area contributed by atoms with Crippen molar-refractivity contribution in [3.8, 4) is 0 Å². The summed E-state index contributed by atoms with van der Waals surface area (Å²) in [6.07, 6.45) is 2.29. The number of hydrogen-bond acceptors (Lipinski definition) is 4. The van der Waals surface area contributed by atoms with Crippen LogP contribution >= 0.6 is 15.9 Å². The summed E-state index contributed by atoms with van der Waals surface area (Å²) in [5.74, 6) is 1.34. The molecule has 4 nitrogen and oxygen atoms in total. The molecule has 0 aliphatic carbocycles. The lowest BCUT2D eigenvalue weighted by Crippen LogP contribution is -2.35. The Bertz CT molecular complexity index is 1140. The van der Waals surface area contributed by atoms with E-state index in [0.717, 1.165) is 17.3 Å². The minimum atomic E-state index is -0.300. The first-order chi connectivity index (χ1) is 14.2. The summed E-state index contributed by atoms with van der Waals surface area (Å²) in [6, 6.07) is 23.1. The van der Waals surface area contributed by atoms with Crippen LogP contribution in [0.5, 0.6) is 0 Å². The summed E-state index contributed by atoms with van der Waals surface area (Å²) in [5, 5.41) is 11.4. The molecule has 0 bridgehead atoms. The number of nitrogens with zero attached hydrogens (tertiary/aromatic N) is 2. The van der Waals surface area contributed by atoms with Crippen molar-refractivity contribution in [1.29, 1.82) is 0 Å². The van der Waals surface area contributed by atoms with Gasteiger partial charge in [-0.3, -0.25) is 0 Å². The van der Waals surface area contributed by atoms with Gasteiger partial charge in [-0.05, 0) is 46.9 Å². The van der Waals surface area contributed by atoms with Crippen LogP contribution in [-0.4, -0.2) is 23.4 Å². The van der Waals surface area contributed by atoms with Crippen molar-refractivity contribution in [2.75, 3.05) is 13.2 Å². The van der Waals surface area contributed by atoms with Crippen molar-refractivity contribution in [1.82, 2.24) is 10.2 Å². The first kappa shape index (κ1) is 18.5. The van der Waals surface area contributed by atoms with Crippen LogP contribution in [0.1, 0.15) is 35.7 Å². The van der Waals surface area contributed by atoms with Crippen molar-refractivity contribution in [2.24, 2.45) is 0 Å². The van der Waals surface area contributed by atoms with E-state index in [9.17, 15) is 0 Å². The number of halogens is 1. The van der Waals surface area contributed by atoms with E-state index in [0.29, 0.717) is 31.4 Å². The van der Waals surface area contributed by atoms with Crippen LogP contribution in [0.4, 0.5) is 0 Å². The zero-order valence-electron chi connectivity index (χ0n) is 16.0. The molecule has 0 atom stereocenters. The largest absolute Gasteiger partial charge is 0.424 e. The third kappa shape index (κ3) is 3.49. The highest BCUT2D eigenvalue weighted by Crippen LogP contribution is 2.41. The van der Waals surface area contributed by atoms with E-state index in [-0.39, 0.29) is 5.41 Å². The molecule has 3 aromatic carbocycles. The first-order valence-corrected chi connectivity index (χ1v) is 10.7. The van der Waals surface area contributed by atoms with Crippen LogP contribution in [0.2, 0.25) is 0 Å². The molecule has 1 aliphatic heterocycles. The van der Waals surface area contributed by atoms with E-state index in [1.54, 1.807) is 0 Å². The lowest BCUT2D eigenvalue weighted by atomic mass is 9.74. The van der Waals surface area contributed by atoms with Gasteiger partial charge in [0.05, 0.1) is 11.8 Å². The fraction of sp³-hybridized carbons (Fsp3) is 0.250. The van der Waals surface area contributed by atoms with E-state index in [1.165, 1.54) is 21.9 Å². The SMILES string of the molecule is Brc1cccc(C2(c3nnc(Cc4cccc5ccccc45)o3)CCOCC2)c1. The molecule has 0 spiro atoms. The molecule has 1 fully saturated rings. The molecule has 146 valence electrons. The van der Waals surface area contributed by atoms with E-state index in [2.05, 4.69) is 86.8 Å². The number of hydrogen-bond donors (Lipinski definition) is 0. The van der Waals surface area contributed by atoms with Gasteiger partial charge in [-0.25, -0.2) is 0 Å². The van der Waals surface area contributed by atoms with Crippen LogP contribution in [-0.2, 0) is 16.6 Å². The Morgan fingerprint density at radius 3 is 2.55 bits per heavy atom. The summed E-state index contributed by atoms with van der Waals surface area (Å²) in [5.41, 5.74) is 2.09. The molecule has 29 heavy (non-hydrogen) atoms. The summed E-state index contributed by atoms with van der Waals surface area (Å²) < 4.78 is 13.0. The van der Waals surface area contributed by atoms with Crippen LogP contribution in [0.15, 0.2) is 75.6 Å². The monoisotopic (exact) mass is 448 g/mol. The Balaban J connectivity index is 1.52. The van der Waals surface area contributed by atoms with Crippen molar-refractivity contribution >= 4 is 26.7 Å². The van der Waals surface area contributed by atoms with Crippen molar-refractivity contribution < 1.29 is 9.15 Å². The molecule has 1 saturated heterocycles. The van der Waals surface area contributed by atoms with Gasteiger partial charge in [0.2, 0.25) is 11.8 Å². The van der Waals surface area contributed by atoms with Gasteiger partial charge in [0.15, 0.2) is 0 Å². The van der Waals surface area contributed by atoms with E-state index < -0.39 is 0 Å². The topological polar surface area (TPSA) is 48.2 Å². The number of rotatable bonds is 4. The zero-order chi connectivity index (χ0) is 19.7. The van der Waals surface area contributed by atoms with E-state index >= 15 is 0 Å². The fourth-order valence-corrected chi connectivity index (χ4v) is 4.66. The molecule has 0 saturated carbocycles. The molecule has 0 amide bonds. The highest BCUT2D eigenvalue weighted by Gasteiger charge is 2.41. The lowest BCUT2D eigenvalue weighted by molar-refractivity contribution is 0.0541. The van der Waals surface area contributed by atoms with Gasteiger partial charge in [-0.15, -0.1) is 10.2 Å². The van der Waals surface area contributed by atoms with E-state index in [1.807, 2.05) is 6.07 Å². The molecule has 0 unspecified atom stereocenters. The number of aromatic nitrogens is 2. The predicted octanol–water partition coefficient (Wildman–Crippen LogP) is 5.67. The second-order valence-corrected chi connectivity index (χ2v) is 8.44. The van der Waals surface area contributed by atoms with E-state index in [4.69, 9.17) is 9.15 Å². The molecule has 2 heterocycles. The molecular formula is C24H21BrN2O2. The molecule has 0 N–H and O–H groups in total. The molecule has 1 aromatic heterocycles. The number of ether oxygens (including phenoxy) is 1. The fourth-order valence-electron chi connectivity index (χ4n) is 4.26. The molecule has 0 radical (unpaired) electrons. The average Bonchev–Trinajstić information content (AvgIpc) is 3.24. The first-order valence-electron chi connectivity index (χ1n) is 9.88. The van der Waals surface area contributed by atoms with Gasteiger partial charge in [-0.2, -0.15) is 0 Å². The smallest absolute Gasteiger partial charge is 0.227 e. The highest BCUT2D eigenvalue weighted by molar-refractivity contribution is 9.10. The van der Waals surface area contributed by atoms with Gasteiger partial charge >= 0.3 is 0 Å². The second-order valence-electron chi connectivity index (χ2n) is 7.52. The normalized spacial score (nSPS) is 16.2. The van der Waals surface area contributed by atoms with Crippen LogP contribution in [0.3, 0.4) is 0 Å². The number of benzene rings is 3. The summed E-state index contributed by atoms with van der Waals surface area (Å²) in [4.78, 5) is 0. The minimum absolute atomic E-state index is 0.300. The van der Waals surface area contributed by atoms with Gasteiger partial charge in [0.1, 0.15) is 0 Å². The third-order valence-corrected chi connectivity index (χ3v) is 6.31.